The topological polar surface area (TPSA) is 55.1 Å². The molecule has 0 aliphatic heterocycles. The van der Waals surface area contributed by atoms with Gasteiger partial charge in [-0.3, -0.25) is 4.79 Å². The van der Waals surface area contributed by atoms with E-state index in [1.54, 1.807) is 6.07 Å². The second-order valence-electron chi connectivity index (χ2n) is 5.17. The van der Waals surface area contributed by atoms with Crippen molar-refractivity contribution in [2.45, 2.75) is 25.9 Å². The number of aryl methyl sites for hydroxylation is 1. The number of halogens is 1. The Morgan fingerprint density at radius 1 is 1.14 bits per heavy atom. The Bertz CT molecular complexity index is 625. The number of hydrogen-bond donors (Lipinski definition) is 2. The first-order valence-electron chi connectivity index (χ1n) is 6.85. The maximum atomic E-state index is 12.2. The monoisotopic (exact) mass is 302 g/mol. The van der Waals surface area contributed by atoms with Crippen molar-refractivity contribution in [2.75, 3.05) is 0 Å². The highest BCUT2D eigenvalue weighted by Crippen LogP contribution is 2.19. The fourth-order valence-corrected chi connectivity index (χ4v) is 2.29. The summed E-state index contributed by atoms with van der Waals surface area (Å²) in [5.74, 6) is -0.202. The zero-order chi connectivity index (χ0) is 15.4. The van der Waals surface area contributed by atoms with Gasteiger partial charge in [-0.25, -0.2) is 0 Å². The predicted molar refractivity (Wildman–Crippen MR) is 86.1 cm³/mol. The van der Waals surface area contributed by atoms with Gasteiger partial charge in [0.15, 0.2) is 0 Å². The number of hydrogen-bond acceptors (Lipinski definition) is 2. The molecule has 0 saturated carbocycles. The molecule has 0 heterocycles. The molecule has 110 valence electrons. The molecule has 0 radical (unpaired) electrons. The Balaban J connectivity index is 2.05. The minimum absolute atomic E-state index is 0.146. The highest BCUT2D eigenvalue weighted by Gasteiger charge is 2.18. The molecule has 4 heteroatoms. The Hall–Kier alpha value is -1.84. The van der Waals surface area contributed by atoms with Gasteiger partial charge in [-0.05, 0) is 37.1 Å². The van der Waals surface area contributed by atoms with Crippen LogP contribution >= 0.6 is 11.6 Å². The summed E-state index contributed by atoms with van der Waals surface area (Å²) < 4.78 is 0. The van der Waals surface area contributed by atoms with Crippen LogP contribution < -0.4 is 11.1 Å². The first kappa shape index (κ1) is 15.5. The van der Waals surface area contributed by atoms with E-state index in [1.807, 2.05) is 56.3 Å². The molecular formula is C17H19ClN2O. The van der Waals surface area contributed by atoms with E-state index in [9.17, 15) is 4.79 Å². The maximum absolute atomic E-state index is 12.2. The van der Waals surface area contributed by atoms with Gasteiger partial charge in [-0.15, -0.1) is 0 Å². The quantitative estimate of drug-likeness (QED) is 0.908. The molecule has 0 bridgehead atoms. The summed E-state index contributed by atoms with van der Waals surface area (Å²) in [5, 5.41) is 3.56. The van der Waals surface area contributed by atoms with E-state index in [0.717, 1.165) is 16.7 Å². The van der Waals surface area contributed by atoms with Gasteiger partial charge in [0, 0.05) is 5.02 Å². The van der Waals surface area contributed by atoms with Crippen LogP contribution in [0.15, 0.2) is 48.5 Å². The average molecular weight is 303 g/mol. The van der Waals surface area contributed by atoms with Crippen LogP contribution in [0.25, 0.3) is 0 Å². The van der Waals surface area contributed by atoms with Gasteiger partial charge in [0.05, 0.1) is 6.04 Å². The van der Waals surface area contributed by atoms with E-state index < -0.39 is 6.04 Å². The number of nitrogens with one attached hydrogen (secondary N) is 1. The molecule has 2 rings (SSSR count). The lowest BCUT2D eigenvalue weighted by atomic mass is 10.0. The zero-order valence-corrected chi connectivity index (χ0v) is 12.9. The van der Waals surface area contributed by atoms with Crippen LogP contribution in [0.4, 0.5) is 0 Å². The molecule has 2 aromatic carbocycles. The summed E-state index contributed by atoms with van der Waals surface area (Å²) in [4.78, 5) is 12.2. The molecule has 3 N–H and O–H groups in total. The predicted octanol–water partition coefficient (Wildman–Crippen LogP) is 3.53. The molecule has 2 atom stereocenters. The molecule has 0 saturated heterocycles. The van der Waals surface area contributed by atoms with Crippen molar-refractivity contribution in [3.63, 3.8) is 0 Å². The van der Waals surface area contributed by atoms with Crippen molar-refractivity contribution in [2.24, 2.45) is 5.73 Å². The Kier molecular flexibility index (Phi) is 4.99. The van der Waals surface area contributed by atoms with E-state index in [1.165, 1.54) is 0 Å². The van der Waals surface area contributed by atoms with Crippen LogP contribution in [0.1, 0.15) is 35.7 Å². The molecule has 21 heavy (non-hydrogen) atoms. The van der Waals surface area contributed by atoms with Crippen molar-refractivity contribution in [1.82, 2.24) is 5.32 Å². The van der Waals surface area contributed by atoms with Crippen molar-refractivity contribution in [3.8, 4) is 0 Å². The van der Waals surface area contributed by atoms with Crippen molar-refractivity contribution in [3.05, 3.63) is 70.2 Å². The summed E-state index contributed by atoms with van der Waals surface area (Å²) in [6.07, 6.45) is 0. The van der Waals surface area contributed by atoms with Crippen LogP contribution in [0.5, 0.6) is 0 Å². The summed E-state index contributed by atoms with van der Waals surface area (Å²) >= 11 is 5.96. The number of carbonyl (C=O) groups is 1. The molecule has 1 unspecified atom stereocenters. The number of benzene rings is 2. The SMILES string of the molecule is Cc1ccc(C(N)C(=O)N[C@H](C)c2cccc(Cl)c2)cc1. The standard InChI is InChI=1S/C17H19ClN2O/c1-11-6-8-13(9-7-11)16(19)17(21)20-12(2)14-4-3-5-15(18)10-14/h3-10,12,16H,19H2,1-2H3,(H,20,21)/t12-,16?/m1/s1. The van der Waals surface area contributed by atoms with Crippen molar-refractivity contribution in [1.29, 1.82) is 0 Å². The van der Waals surface area contributed by atoms with Crippen LogP contribution in [0, 0.1) is 6.92 Å². The lowest BCUT2D eigenvalue weighted by molar-refractivity contribution is -0.123. The maximum Gasteiger partial charge on any atom is 0.241 e. The number of carbonyl (C=O) groups excluding carboxylic acids is 1. The summed E-state index contributed by atoms with van der Waals surface area (Å²) in [6.45, 7) is 3.90. The molecule has 0 fully saturated rings. The van der Waals surface area contributed by atoms with Gasteiger partial charge in [-0.1, -0.05) is 53.6 Å². The van der Waals surface area contributed by atoms with Crippen LogP contribution in [-0.2, 0) is 4.79 Å². The first-order valence-corrected chi connectivity index (χ1v) is 7.23. The number of amides is 1. The summed E-state index contributed by atoms with van der Waals surface area (Å²) in [7, 11) is 0. The van der Waals surface area contributed by atoms with Crippen LogP contribution in [0.3, 0.4) is 0 Å². The molecule has 3 nitrogen and oxygen atoms in total. The second-order valence-corrected chi connectivity index (χ2v) is 5.61. The molecule has 0 spiro atoms. The van der Waals surface area contributed by atoms with Gasteiger partial charge in [0.2, 0.25) is 5.91 Å². The van der Waals surface area contributed by atoms with E-state index in [-0.39, 0.29) is 11.9 Å². The van der Waals surface area contributed by atoms with Gasteiger partial charge >= 0.3 is 0 Å². The summed E-state index contributed by atoms with van der Waals surface area (Å²) in [5.41, 5.74) is 8.90. The molecule has 0 aromatic heterocycles. The van der Waals surface area contributed by atoms with E-state index in [2.05, 4.69) is 5.32 Å². The average Bonchev–Trinajstić information content (AvgIpc) is 2.47. The number of nitrogens with two attached hydrogens (primary N) is 1. The van der Waals surface area contributed by atoms with E-state index >= 15 is 0 Å². The van der Waals surface area contributed by atoms with Gasteiger partial charge in [0.1, 0.15) is 6.04 Å². The second kappa shape index (κ2) is 6.74. The highest BCUT2D eigenvalue weighted by molar-refractivity contribution is 6.30. The minimum Gasteiger partial charge on any atom is -0.348 e. The minimum atomic E-state index is -0.674. The highest BCUT2D eigenvalue weighted by atomic mass is 35.5. The third kappa shape index (κ3) is 4.06. The lowest BCUT2D eigenvalue weighted by Crippen LogP contribution is -2.35. The molecular weight excluding hydrogens is 284 g/mol. The van der Waals surface area contributed by atoms with Crippen LogP contribution in [-0.4, -0.2) is 5.91 Å². The summed E-state index contributed by atoms with van der Waals surface area (Å²) in [6, 6.07) is 14.3. The van der Waals surface area contributed by atoms with Crippen LogP contribution in [0.2, 0.25) is 5.02 Å². The van der Waals surface area contributed by atoms with Gasteiger partial charge < -0.3 is 11.1 Å². The van der Waals surface area contributed by atoms with Crippen molar-refractivity contribution >= 4 is 17.5 Å². The third-order valence-electron chi connectivity index (χ3n) is 3.43. The van der Waals surface area contributed by atoms with E-state index in [4.69, 9.17) is 17.3 Å². The molecule has 0 aliphatic carbocycles. The largest absolute Gasteiger partial charge is 0.348 e. The fraction of sp³-hybridized carbons (Fsp3) is 0.235. The number of rotatable bonds is 4. The third-order valence-corrected chi connectivity index (χ3v) is 3.66. The zero-order valence-electron chi connectivity index (χ0n) is 12.1. The molecule has 1 amide bonds. The van der Waals surface area contributed by atoms with Gasteiger partial charge in [-0.2, -0.15) is 0 Å². The Morgan fingerprint density at radius 2 is 1.81 bits per heavy atom. The van der Waals surface area contributed by atoms with Crippen molar-refractivity contribution < 1.29 is 4.79 Å². The molecule has 2 aromatic rings. The fourth-order valence-electron chi connectivity index (χ4n) is 2.09. The Morgan fingerprint density at radius 3 is 2.43 bits per heavy atom. The normalized spacial score (nSPS) is 13.5. The van der Waals surface area contributed by atoms with E-state index in [0.29, 0.717) is 5.02 Å². The first-order chi connectivity index (χ1) is 9.97. The Labute approximate surface area is 130 Å². The smallest absolute Gasteiger partial charge is 0.241 e. The molecule has 0 aliphatic rings. The lowest BCUT2D eigenvalue weighted by Gasteiger charge is -2.18. The van der Waals surface area contributed by atoms with Gasteiger partial charge in [0.25, 0.3) is 0 Å².